The zero-order valence-electron chi connectivity index (χ0n) is 9.47. The molecule has 2 heteroatoms. The molecule has 0 aliphatic heterocycles. The zero-order valence-corrected chi connectivity index (χ0v) is 9.47. The Morgan fingerprint density at radius 1 is 1.31 bits per heavy atom. The Morgan fingerprint density at radius 3 is 2.31 bits per heavy atom. The lowest BCUT2D eigenvalue weighted by atomic mass is 10.1. The summed E-state index contributed by atoms with van der Waals surface area (Å²) in [6, 6.07) is 0.533. The molecule has 0 saturated carbocycles. The van der Waals surface area contributed by atoms with Gasteiger partial charge < -0.3 is 0 Å². The second-order valence-electron chi connectivity index (χ2n) is 3.61. The third-order valence-corrected chi connectivity index (χ3v) is 2.53. The maximum Gasteiger partial charge on any atom is 0.146 e. The molecule has 13 heavy (non-hydrogen) atoms. The summed E-state index contributed by atoms with van der Waals surface area (Å²) in [5.74, 6) is 0.379. The minimum absolute atomic E-state index is 0.379. The second-order valence-corrected chi connectivity index (χ2v) is 3.61. The standard InChI is InChI=1S/C11H23NO/c1-5-8-11(13)9-12(7-3)10(4)6-2/h10H,5-9H2,1-4H3. The Labute approximate surface area is 82.3 Å². The summed E-state index contributed by atoms with van der Waals surface area (Å²) in [4.78, 5) is 13.6. The highest BCUT2D eigenvalue weighted by Gasteiger charge is 2.12. The lowest BCUT2D eigenvalue weighted by Crippen LogP contribution is -2.36. The van der Waals surface area contributed by atoms with Gasteiger partial charge in [0.05, 0.1) is 6.54 Å². The van der Waals surface area contributed by atoms with Gasteiger partial charge in [0.25, 0.3) is 0 Å². The van der Waals surface area contributed by atoms with Crippen molar-refractivity contribution in [2.24, 2.45) is 0 Å². The molecule has 0 rings (SSSR count). The van der Waals surface area contributed by atoms with Crippen molar-refractivity contribution in [3.8, 4) is 0 Å². The Hall–Kier alpha value is -0.370. The number of hydrogen-bond donors (Lipinski definition) is 0. The first-order valence-electron chi connectivity index (χ1n) is 5.41. The molecular formula is C11H23NO. The van der Waals surface area contributed by atoms with E-state index in [0.717, 1.165) is 25.8 Å². The summed E-state index contributed by atoms with van der Waals surface area (Å²) in [6.45, 7) is 10.1. The van der Waals surface area contributed by atoms with E-state index in [9.17, 15) is 4.79 Å². The summed E-state index contributed by atoms with van der Waals surface area (Å²) in [7, 11) is 0. The molecule has 78 valence electrons. The Bertz CT molecular complexity index is 145. The van der Waals surface area contributed by atoms with E-state index in [2.05, 4.69) is 32.6 Å². The van der Waals surface area contributed by atoms with Crippen molar-refractivity contribution in [1.29, 1.82) is 0 Å². The number of hydrogen-bond acceptors (Lipinski definition) is 2. The number of carbonyl (C=O) groups is 1. The first-order chi connectivity index (χ1) is 6.15. The van der Waals surface area contributed by atoms with Gasteiger partial charge in [0.15, 0.2) is 0 Å². The first-order valence-corrected chi connectivity index (χ1v) is 5.41. The Kier molecular flexibility index (Phi) is 6.87. The number of likely N-dealkylation sites (N-methyl/N-ethyl adjacent to an activating group) is 1. The smallest absolute Gasteiger partial charge is 0.146 e. The molecule has 0 spiro atoms. The highest BCUT2D eigenvalue weighted by atomic mass is 16.1. The lowest BCUT2D eigenvalue weighted by Gasteiger charge is -2.25. The fourth-order valence-corrected chi connectivity index (χ4v) is 1.42. The van der Waals surface area contributed by atoms with Crippen LogP contribution in [-0.2, 0) is 4.79 Å². The van der Waals surface area contributed by atoms with Crippen LogP contribution in [0.1, 0.15) is 47.0 Å². The van der Waals surface area contributed by atoms with Gasteiger partial charge in [-0.1, -0.05) is 20.8 Å². The van der Waals surface area contributed by atoms with E-state index in [1.165, 1.54) is 0 Å². The third-order valence-electron chi connectivity index (χ3n) is 2.53. The van der Waals surface area contributed by atoms with Crippen molar-refractivity contribution in [2.75, 3.05) is 13.1 Å². The minimum atomic E-state index is 0.379. The van der Waals surface area contributed by atoms with Gasteiger partial charge >= 0.3 is 0 Å². The van der Waals surface area contributed by atoms with Crippen LogP contribution in [0.4, 0.5) is 0 Å². The molecular weight excluding hydrogens is 162 g/mol. The van der Waals surface area contributed by atoms with E-state index < -0.39 is 0 Å². The normalized spacial score (nSPS) is 13.3. The average Bonchev–Trinajstić information content (AvgIpc) is 2.13. The van der Waals surface area contributed by atoms with Crippen molar-refractivity contribution in [1.82, 2.24) is 4.90 Å². The van der Waals surface area contributed by atoms with Gasteiger partial charge in [-0.3, -0.25) is 9.69 Å². The van der Waals surface area contributed by atoms with E-state index in [1.54, 1.807) is 0 Å². The van der Waals surface area contributed by atoms with Gasteiger partial charge in [-0.05, 0) is 26.3 Å². The Balaban J connectivity index is 3.89. The number of carbonyl (C=O) groups excluding carboxylic acids is 1. The molecule has 0 aromatic carbocycles. The molecule has 1 atom stereocenters. The molecule has 0 radical (unpaired) electrons. The summed E-state index contributed by atoms with van der Waals surface area (Å²) < 4.78 is 0. The fourth-order valence-electron chi connectivity index (χ4n) is 1.42. The van der Waals surface area contributed by atoms with E-state index in [4.69, 9.17) is 0 Å². The van der Waals surface area contributed by atoms with Gasteiger partial charge in [0.1, 0.15) is 5.78 Å². The van der Waals surface area contributed by atoms with Crippen LogP contribution in [0, 0.1) is 0 Å². The number of ketones is 1. The highest BCUT2D eigenvalue weighted by molar-refractivity contribution is 5.80. The van der Waals surface area contributed by atoms with Crippen LogP contribution >= 0.6 is 0 Å². The van der Waals surface area contributed by atoms with E-state index in [-0.39, 0.29) is 0 Å². The van der Waals surface area contributed by atoms with Crippen LogP contribution in [0.5, 0.6) is 0 Å². The van der Waals surface area contributed by atoms with E-state index in [1.807, 2.05) is 0 Å². The third kappa shape index (κ3) is 5.04. The first kappa shape index (κ1) is 12.6. The van der Waals surface area contributed by atoms with Crippen molar-refractivity contribution in [3.05, 3.63) is 0 Å². The quantitative estimate of drug-likeness (QED) is 0.607. The topological polar surface area (TPSA) is 20.3 Å². The zero-order chi connectivity index (χ0) is 10.3. The number of nitrogens with zero attached hydrogens (tertiary/aromatic N) is 1. The summed E-state index contributed by atoms with van der Waals surface area (Å²) in [5.41, 5.74) is 0. The number of rotatable bonds is 7. The van der Waals surface area contributed by atoms with Crippen molar-refractivity contribution >= 4 is 5.78 Å². The molecule has 0 saturated heterocycles. The summed E-state index contributed by atoms with van der Waals surface area (Å²) >= 11 is 0. The number of Topliss-reactive ketones (excluding diaryl/α,β-unsaturated/α-hetero) is 1. The Morgan fingerprint density at radius 2 is 1.92 bits per heavy atom. The molecule has 0 aliphatic rings. The lowest BCUT2D eigenvalue weighted by molar-refractivity contribution is -0.120. The molecule has 0 N–H and O–H groups in total. The van der Waals surface area contributed by atoms with Crippen LogP contribution < -0.4 is 0 Å². The second kappa shape index (κ2) is 7.07. The molecule has 0 aromatic heterocycles. The largest absolute Gasteiger partial charge is 0.298 e. The molecule has 0 fully saturated rings. The van der Waals surface area contributed by atoms with Gasteiger partial charge in [-0.2, -0.15) is 0 Å². The monoisotopic (exact) mass is 185 g/mol. The minimum Gasteiger partial charge on any atom is -0.298 e. The van der Waals surface area contributed by atoms with Crippen LogP contribution in [-0.4, -0.2) is 29.8 Å². The molecule has 0 aliphatic carbocycles. The maximum absolute atomic E-state index is 11.4. The van der Waals surface area contributed by atoms with Gasteiger partial charge in [-0.15, -0.1) is 0 Å². The fraction of sp³-hybridized carbons (Fsp3) is 0.909. The van der Waals surface area contributed by atoms with Crippen LogP contribution in [0.2, 0.25) is 0 Å². The van der Waals surface area contributed by atoms with Gasteiger partial charge in [0.2, 0.25) is 0 Å². The molecule has 2 nitrogen and oxygen atoms in total. The van der Waals surface area contributed by atoms with E-state index >= 15 is 0 Å². The summed E-state index contributed by atoms with van der Waals surface area (Å²) in [6.07, 6.45) is 2.82. The van der Waals surface area contributed by atoms with Crippen molar-refractivity contribution in [3.63, 3.8) is 0 Å². The highest BCUT2D eigenvalue weighted by Crippen LogP contribution is 2.03. The average molecular weight is 185 g/mol. The predicted molar refractivity (Wildman–Crippen MR) is 56.9 cm³/mol. The van der Waals surface area contributed by atoms with Crippen LogP contribution in [0.15, 0.2) is 0 Å². The van der Waals surface area contributed by atoms with Gasteiger partial charge in [0, 0.05) is 12.5 Å². The summed E-state index contributed by atoms with van der Waals surface area (Å²) in [5, 5.41) is 0. The SMILES string of the molecule is CCCC(=O)CN(CC)C(C)CC. The molecule has 0 bridgehead atoms. The molecule has 0 aromatic rings. The van der Waals surface area contributed by atoms with Crippen LogP contribution in [0.25, 0.3) is 0 Å². The van der Waals surface area contributed by atoms with Crippen LogP contribution in [0.3, 0.4) is 0 Å². The molecule has 1 unspecified atom stereocenters. The van der Waals surface area contributed by atoms with Crippen molar-refractivity contribution < 1.29 is 4.79 Å². The van der Waals surface area contributed by atoms with Gasteiger partial charge in [-0.25, -0.2) is 0 Å². The molecule has 0 heterocycles. The van der Waals surface area contributed by atoms with Crippen molar-refractivity contribution in [2.45, 2.75) is 53.0 Å². The predicted octanol–water partition coefficient (Wildman–Crippen LogP) is 2.48. The molecule has 0 amide bonds. The van der Waals surface area contributed by atoms with E-state index in [0.29, 0.717) is 18.4 Å². The maximum atomic E-state index is 11.4.